The normalized spacial score (nSPS) is 13.6. The van der Waals surface area contributed by atoms with Crippen molar-refractivity contribution in [3.05, 3.63) is 29.3 Å². The van der Waals surface area contributed by atoms with Crippen LogP contribution in [0.3, 0.4) is 0 Å². The van der Waals surface area contributed by atoms with E-state index in [2.05, 4.69) is 15.3 Å². The first-order valence-corrected chi connectivity index (χ1v) is 7.28. The second-order valence-corrected chi connectivity index (χ2v) is 5.27. The number of nitrogens with two attached hydrogens (primary N) is 1. The van der Waals surface area contributed by atoms with Gasteiger partial charge in [0.25, 0.3) is 5.91 Å². The number of halogens is 1. The Bertz CT molecular complexity index is 589. The SMILES string of the molecule is CCC(C)(NC(=O)c1cc(N)cc(/C=N/OC)c1)C(=O)CCl. The van der Waals surface area contributed by atoms with Crippen molar-refractivity contribution in [2.24, 2.45) is 5.16 Å². The minimum absolute atomic E-state index is 0.159. The van der Waals surface area contributed by atoms with Crippen LogP contribution in [0.1, 0.15) is 36.2 Å². The van der Waals surface area contributed by atoms with E-state index in [-0.39, 0.29) is 11.7 Å². The number of carbonyl (C=O) groups is 2. The van der Waals surface area contributed by atoms with Crippen LogP contribution in [0.4, 0.5) is 5.69 Å². The summed E-state index contributed by atoms with van der Waals surface area (Å²) in [4.78, 5) is 28.9. The van der Waals surface area contributed by atoms with Crippen molar-refractivity contribution in [3.8, 4) is 0 Å². The number of rotatable bonds is 7. The smallest absolute Gasteiger partial charge is 0.252 e. The summed E-state index contributed by atoms with van der Waals surface area (Å²) in [5.41, 5.74) is 6.13. The van der Waals surface area contributed by atoms with E-state index in [1.807, 2.05) is 0 Å². The summed E-state index contributed by atoms with van der Waals surface area (Å²) in [7, 11) is 1.42. The Balaban J connectivity index is 3.05. The molecule has 0 bridgehead atoms. The molecule has 0 aliphatic heterocycles. The zero-order valence-corrected chi connectivity index (χ0v) is 13.6. The highest BCUT2D eigenvalue weighted by molar-refractivity contribution is 6.29. The lowest BCUT2D eigenvalue weighted by molar-refractivity contribution is -0.122. The maximum Gasteiger partial charge on any atom is 0.252 e. The lowest BCUT2D eigenvalue weighted by Crippen LogP contribution is -2.52. The standard InChI is InChI=1S/C15H20ClN3O3/c1-4-15(2,13(20)8-16)19-14(21)11-5-10(9-18-22-3)6-12(17)7-11/h5-7,9H,4,8,17H2,1-3H3,(H,19,21)/b18-9+. The fourth-order valence-corrected chi connectivity index (χ4v) is 2.12. The molecule has 1 rings (SSSR count). The number of oxime groups is 1. The van der Waals surface area contributed by atoms with E-state index in [1.54, 1.807) is 26.0 Å². The second-order valence-electron chi connectivity index (χ2n) is 5.00. The van der Waals surface area contributed by atoms with Crippen LogP contribution in [0.25, 0.3) is 0 Å². The largest absolute Gasteiger partial charge is 0.399 e. The van der Waals surface area contributed by atoms with E-state index in [0.717, 1.165) is 0 Å². The van der Waals surface area contributed by atoms with Crippen LogP contribution < -0.4 is 11.1 Å². The van der Waals surface area contributed by atoms with Gasteiger partial charge in [0.1, 0.15) is 7.11 Å². The van der Waals surface area contributed by atoms with Gasteiger partial charge in [-0.1, -0.05) is 12.1 Å². The Morgan fingerprint density at radius 1 is 1.45 bits per heavy atom. The quantitative estimate of drug-likeness (QED) is 0.347. The van der Waals surface area contributed by atoms with Crippen molar-refractivity contribution in [2.45, 2.75) is 25.8 Å². The van der Waals surface area contributed by atoms with E-state index in [4.69, 9.17) is 17.3 Å². The fourth-order valence-electron chi connectivity index (χ4n) is 1.82. The Labute approximate surface area is 134 Å². The lowest BCUT2D eigenvalue weighted by atomic mass is 9.93. The van der Waals surface area contributed by atoms with Crippen LogP contribution in [0.2, 0.25) is 0 Å². The topological polar surface area (TPSA) is 93.8 Å². The van der Waals surface area contributed by atoms with Gasteiger partial charge < -0.3 is 15.9 Å². The van der Waals surface area contributed by atoms with Gasteiger partial charge in [-0.05, 0) is 37.1 Å². The molecular formula is C15H20ClN3O3. The molecule has 1 aromatic carbocycles. The number of amides is 1. The predicted molar refractivity (Wildman–Crippen MR) is 87.3 cm³/mol. The summed E-state index contributed by atoms with van der Waals surface area (Å²) < 4.78 is 0. The third-order valence-corrected chi connectivity index (χ3v) is 3.62. The maximum atomic E-state index is 12.4. The van der Waals surface area contributed by atoms with Gasteiger partial charge >= 0.3 is 0 Å². The zero-order valence-electron chi connectivity index (χ0n) is 12.9. The average Bonchev–Trinajstić information content (AvgIpc) is 2.51. The van der Waals surface area contributed by atoms with Crippen LogP contribution in [-0.4, -0.2) is 36.4 Å². The predicted octanol–water partition coefficient (Wildman–Crippen LogP) is 1.96. The number of hydrogen-bond acceptors (Lipinski definition) is 5. The first-order chi connectivity index (χ1) is 10.4. The lowest BCUT2D eigenvalue weighted by Gasteiger charge is -2.27. The second kappa shape index (κ2) is 7.79. The summed E-state index contributed by atoms with van der Waals surface area (Å²) in [6.45, 7) is 3.45. The summed E-state index contributed by atoms with van der Waals surface area (Å²) >= 11 is 5.60. The van der Waals surface area contributed by atoms with E-state index >= 15 is 0 Å². The molecule has 0 aliphatic carbocycles. The molecule has 1 atom stereocenters. The molecule has 0 aliphatic rings. The third-order valence-electron chi connectivity index (χ3n) is 3.38. The van der Waals surface area contributed by atoms with Gasteiger partial charge in [-0.3, -0.25) is 9.59 Å². The molecule has 6 nitrogen and oxygen atoms in total. The number of nitrogen functional groups attached to an aromatic ring is 1. The monoisotopic (exact) mass is 325 g/mol. The highest BCUT2D eigenvalue weighted by Gasteiger charge is 2.32. The van der Waals surface area contributed by atoms with Crippen LogP contribution >= 0.6 is 11.6 Å². The Morgan fingerprint density at radius 3 is 2.68 bits per heavy atom. The van der Waals surface area contributed by atoms with Crippen molar-refractivity contribution in [1.29, 1.82) is 0 Å². The van der Waals surface area contributed by atoms with E-state index in [1.165, 1.54) is 19.4 Å². The molecule has 0 fully saturated rings. The first-order valence-electron chi connectivity index (χ1n) is 6.75. The minimum Gasteiger partial charge on any atom is -0.399 e. The van der Waals surface area contributed by atoms with Gasteiger partial charge in [-0.15, -0.1) is 11.6 Å². The summed E-state index contributed by atoms with van der Waals surface area (Å²) in [5.74, 6) is -0.801. The van der Waals surface area contributed by atoms with Gasteiger partial charge in [0.2, 0.25) is 0 Å². The number of Topliss-reactive ketones (excluding diaryl/α,β-unsaturated/α-hetero) is 1. The van der Waals surface area contributed by atoms with Crippen LogP contribution in [0, 0.1) is 0 Å². The van der Waals surface area contributed by atoms with Crippen LogP contribution in [0.5, 0.6) is 0 Å². The van der Waals surface area contributed by atoms with Crippen molar-refractivity contribution in [1.82, 2.24) is 5.32 Å². The number of hydrogen-bond donors (Lipinski definition) is 2. The van der Waals surface area contributed by atoms with Crippen molar-refractivity contribution in [2.75, 3.05) is 18.7 Å². The number of ketones is 1. The molecule has 0 saturated heterocycles. The molecular weight excluding hydrogens is 306 g/mol. The minimum atomic E-state index is -1.01. The highest BCUT2D eigenvalue weighted by Crippen LogP contribution is 2.16. The molecule has 0 aromatic heterocycles. The molecule has 3 N–H and O–H groups in total. The number of alkyl halides is 1. The van der Waals surface area contributed by atoms with Gasteiger partial charge in [-0.2, -0.15) is 0 Å². The molecule has 1 unspecified atom stereocenters. The van der Waals surface area contributed by atoms with E-state index in [9.17, 15) is 9.59 Å². The molecule has 22 heavy (non-hydrogen) atoms. The number of nitrogens with one attached hydrogen (secondary N) is 1. The molecule has 1 amide bonds. The van der Waals surface area contributed by atoms with Crippen LogP contribution in [-0.2, 0) is 9.63 Å². The zero-order chi connectivity index (χ0) is 16.8. The molecule has 1 aromatic rings. The number of benzene rings is 1. The molecule has 0 spiro atoms. The fraction of sp³-hybridized carbons (Fsp3) is 0.400. The number of anilines is 1. The van der Waals surface area contributed by atoms with Crippen LogP contribution in [0.15, 0.2) is 23.4 Å². The molecule has 0 radical (unpaired) electrons. The van der Waals surface area contributed by atoms with Crippen molar-refractivity contribution >= 4 is 35.2 Å². The third kappa shape index (κ3) is 4.46. The van der Waals surface area contributed by atoms with Crippen molar-refractivity contribution in [3.63, 3.8) is 0 Å². The Hall–Kier alpha value is -2.08. The van der Waals surface area contributed by atoms with Crippen molar-refractivity contribution < 1.29 is 14.4 Å². The molecule has 0 heterocycles. The summed E-state index contributed by atoms with van der Waals surface area (Å²) in [6.07, 6.45) is 1.88. The molecule has 7 heteroatoms. The Kier molecular flexibility index (Phi) is 6.37. The summed E-state index contributed by atoms with van der Waals surface area (Å²) in [6, 6.07) is 4.79. The highest BCUT2D eigenvalue weighted by atomic mass is 35.5. The van der Waals surface area contributed by atoms with E-state index in [0.29, 0.717) is 23.2 Å². The first kappa shape index (κ1) is 18.0. The molecule has 120 valence electrons. The number of nitrogens with zero attached hydrogens (tertiary/aromatic N) is 1. The molecule has 0 saturated carbocycles. The van der Waals surface area contributed by atoms with Gasteiger partial charge in [0, 0.05) is 11.3 Å². The number of carbonyl (C=O) groups excluding carboxylic acids is 2. The van der Waals surface area contributed by atoms with E-state index < -0.39 is 11.4 Å². The summed E-state index contributed by atoms with van der Waals surface area (Å²) in [5, 5.41) is 6.35. The van der Waals surface area contributed by atoms with Gasteiger partial charge in [0.15, 0.2) is 5.78 Å². The van der Waals surface area contributed by atoms with Gasteiger partial charge in [-0.25, -0.2) is 0 Å². The average molecular weight is 326 g/mol. The Morgan fingerprint density at radius 2 is 2.14 bits per heavy atom. The maximum absolute atomic E-state index is 12.4. The van der Waals surface area contributed by atoms with Gasteiger partial charge in [0.05, 0.1) is 17.6 Å².